The second-order valence-corrected chi connectivity index (χ2v) is 9.04. The fourth-order valence-electron chi connectivity index (χ4n) is 3.25. The quantitative estimate of drug-likeness (QED) is 0.514. The van der Waals surface area contributed by atoms with Crippen molar-refractivity contribution < 1.29 is 18.3 Å². The summed E-state index contributed by atoms with van der Waals surface area (Å²) in [4.78, 5) is 20.5. The van der Waals surface area contributed by atoms with Crippen LogP contribution in [0.1, 0.15) is 17.3 Å². The number of carboxylic acid groups (broad SMARTS) is 1. The minimum Gasteiger partial charge on any atom is -0.478 e. The minimum atomic E-state index is -3.23. The molecule has 0 atom stereocenters. The van der Waals surface area contributed by atoms with Gasteiger partial charge in [-0.1, -0.05) is 43.3 Å². The van der Waals surface area contributed by atoms with Gasteiger partial charge in [0.1, 0.15) is 0 Å². The molecule has 0 fully saturated rings. The van der Waals surface area contributed by atoms with Crippen molar-refractivity contribution in [1.29, 1.82) is 0 Å². The van der Waals surface area contributed by atoms with E-state index in [2.05, 4.69) is 9.97 Å². The Balaban J connectivity index is 1.70. The molecule has 0 spiro atoms. The molecule has 0 bridgehead atoms. The number of sulfone groups is 1. The third-order valence-corrected chi connectivity index (χ3v) is 6.70. The van der Waals surface area contributed by atoms with Crippen molar-refractivity contribution in [2.75, 3.05) is 5.75 Å². The molecule has 0 unspecified atom stereocenters. The van der Waals surface area contributed by atoms with Crippen molar-refractivity contribution in [3.63, 3.8) is 0 Å². The maximum Gasteiger partial charge on any atom is 0.336 e. The fourth-order valence-corrected chi connectivity index (χ4v) is 4.13. The van der Waals surface area contributed by atoms with E-state index in [1.807, 2.05) is 24.3 Å². The lowest BCUT2D eigenvalue weighted by molar-refractivity contribution is 0.0699. The summed E-state index contributed by atoms with van der Waals surface area (Å²) in [6, 6.07) is 17.6. The molecule has 150 valence electrons. The number of hydrogen-bond acceptors (Lipinski definition) is 5. The summed E-state index contributed by atoms with van der Waals surface area (Å²) in [5, 5.41) is 10.0. The summed E-state index contributed by atoms with van der Waals surface area (Å²) in [5.74, 6) is -0.968. The molecule has 0 aliphatic rings. The third kappa shape index (κ3) is 3.67. The summed E-state index contributed by atoms with van der Waals surface area (Å²) in [6.07, 6.45) is 3.08. The molecule has 7 heteroatoms. The van der Waals surface area contributed by atoms with E-state index in [9.17, 15) is 18.3 Å². The van der Waals surface area contributed by atoms with Gasteiger partial charge in [0.15, 0.2) is 9.84 Å². The van der Waals surface area contributed by atoms with Crippen molar-refractivity contribution in [2.24, 2.45) is 0 Å². The number of aromatic nitrogens is 2. The van der Waals surface area contributed by atoms with Crippen LogP contribution in [-0.4, -0.2) is 35.2 Å². The smallest absolute Gasteiger partial charge is 0.336 e. The average Bonchev–Trinajstić information content (AvgIpc) is 2.78. The summed E-state index contributed by atoms with van der Waals surface area (Å²) in [6.45, 7) is 1.62. The van der Waals surface area contributed by atoms with Gasteiger partial charge in [-0.25, -0.2) is 18.2 Å². The summed E-state index contributed by atoms with van der Waals surface area (Å²) in [7, 11) is -3.23. The van der Waals surface area contributed by atoms with Gasteiger partial charge in [-0.05, 0) is 35.4 Å². The Labute approximate surface area is 173 Å². The normalized spacial score (nSPS) is 11.5. The highest BCUT2D eigenvalue weighted by molar-refractivity contribution is 7.91. The Bertz CT molecular complexity index is 1350. The molecule has 6 nitrogen and oxygen atoms in total. The van der Waals surface area contributed by atoms with E-state index in [-0.39, 0.29) is 11.3 Å². The molecule has 4 aromatic rings. The topological polar surface area (TPSA) is 97.2 Å². The van der Waals surface area contributed by atoms with Gasteiger partial charge in [-0.15, -0.1) is 0 Å². The molecule has 2 aromatic carbocycles. The standard InChI is InChI=1S/C23H18N2O4S/c1-2-30(28,29)18-9-7-16(8-10-18)15-3-5-17(6-4-15)22-13-19(23(26)27)20-14-24-12-11-21(20)25-22/h3-14H,2H2,1H3,(H,26,27). The van der Waals surface area contributed by atoms with Gasteiger partial charge in [0.05, 0.1) is 27.4 Å². The average molecular weight is 418 g/mol. The van der Waals surface area contributed by atoms with Crippen molar-refractivity contribution in [1.82, 2.24) is 9.97 Å². The lowest BCUT2D eigenvalue weighted by Gasteiger charge is -2.08. The van der Waals surface area contributed by atoms with Gasteiger partial charge in [0.2, 0.25) is 0 Å². The molecule has 2 aromatic heterocycles. The van der Waals surface area contributed by atoms with Crippen LogP contribution in [0, 0.1) is 0 Å². The van der Waals surface area contributed by atoms with E-state index in [1.165, 1.54) is 6.20 Å². The van der Waals surface area contributed by atoms with Crippen LogP contribution >= 0.6 is 0 Å². The summed E-state index contributed by atoms with van der Waals surface area (Å²) in [5.41, 5.74) is 3.87. The molecule has 0 radical (unpaired) electrons. The zero-order valence-corrected chi connectivity index (χ0v) is 16.9. The number of pyridine rings is 2. The highest BCUT2D eigenvalue weighted by Gasteiger charge is 2.14. The minimum absolute atomic E-state index is 0.0637. The lowest BCUT2D eigenvalue weighted by atomic mass is 10.0. The maximum atomic E-state index is 12.0. The number of carboxylic acids is 1. The maximum absolute atomic E-state index is 12.0. The SMILES string of the molecule is CCS(=O)(=O)c1ccc(-c2ccc(-c3cc(C(=O)O)c4cnccc4n3)cc2)cc1. The molecule has 0 amide bonds. The van der Waals surface area contributed by atoms with Gasteiger partial charge < -0.3 is 5.11 Å². The van der Waals surface area contributed by atoms with E-state index in [4.69, 9.17) is 0 Å². The van der Waals surface area contributed by atoms with E-state index < -0.39 is 15.8 Å². The van der Waals surface area contributed by atoms with Crippen LogP contribution in [0.3, 0.4) is 0 Å². The molecule has 30 heavy (non-hydrogen) atoms. The lowest BCUT2D eigenvalue weighted by Crippen LogP contribution is -2.03. The predicted molar refractivity (Wildman–Crippen MR) is 115 cm³/mol. The Hall–Kier alpha value is -3.58. The highest BCUT2D eigenvalue weighted by Crippen LogP contribution is 2.28. The Morgan fingerprint density at radius 2 is 1.53 bits per heavy atom. The number of rotatable bonds is 5. The zero-order chi connectivity index (χ0) is 21.3. The van der Waals surface area contributed by atoms with E-state index in [0.29, 0.717) is 21.5 Å². The van der Waals surface area contributed by atoms with Gasteiger partial charge in [0.25, 0.3) is 0 Å². The van der Waals surface area contributed by atoms with Crippen LogP contribution in [0.15, 0.2) is 78.0 Å². The number of aromatic carboxylic acids is 1. The highest BCUT2D eigenvalue weighted by atomic mass is 32.2. The molecular formula is C23H18N2O4S. The van der Waals surface area contributed by atoms with E-state index >= 15 is 0 Å². The molecule has 1 N–H and O–H groups in total. The predicted octanol–water partition coefficient (Wildman–Crippen LogP) is 4.46. The van der Waals surface area contributed by atoms with Crippen LogP contribution in [0.5, 0.6) is 0 Å². The van der Waals surface area contributed by atoms with Crippen LogP contribution in [-0.2, 0) is 9.84 Å². The Morgan fingerprint density at radius 1 is 0.933 bits per heavy atom. The number of hydrogen-bond donors (Lipinski definition) is 1. The zero-order valence-electron chi connectivity index (χ0n) is 16.1. The third-order valence-electron chi connectivity index (χ3n) is 4.95. The van der Waals surface area contributed by atoms with Crippen LogP contribution in [0.2, 0.25) is 0 Å². The van der Waals surface area contributed by atoms with E-state index in [1.54, 1.807) is 49.5 Å². The first kappa shape index (κ1) is 19.7. The van der Waals surface area contributed by atoms with Gasteiger partial charge in [-0.3, -0.25) is 4.98 Å². The first-order valence-electron chi connectivity index (χ1n) is 9.31. The first-order valence-corrected chi connectivity index (χ1v) is 11.0. The fraction of sp³-hybridized carbons (Fsp3) is 0.0870. The molecular weight excluding hydrogens is 400 g/mol. The second kappa shape index (κ2) is 7.68. The van der Waals surface area contributed by atoms with Gasteiger partial charge >= 0.3 is 5.97 Å². The van der Waals surface area contributed by atoms with Crippen LogP contribution in [0.4, 0.5) is 0 Å². The second-order valence-electron chi connectivity index (χ2n) is 6.76. The van der Waals surface area contributed by atoms with Gasteiger partial charge in [0, 0.05) is 23.3 Å². The van der Waals surface area contributed by atoms with Gasteiger partial charge in [-0.2, -0.15) is 0 Å². The molecule has 0 aliphatic heterocycles. The van der Waals surface area contributed by atoms with E-state index in [0.717, 1.165) is 16.7 Å². The molecule has 4 rings (SSSR count). The molecule has 2 heterocycles. The van der Waals surface area contributed by atoms with Crippen molar-refractivity contribution in [3.05, 3.63) is 78.6 Å². The number of benzene rings is 2. The first-order chi connectivity index (χ1) is 14.4. The van der Waals surface area contributed by atoms with Crippen molar-refractivity contribution >= 4 is 26.7 Å². The summed E-state index contributed by atoms with van der Waals surface area (Å²) >= 11 is 0. The monoisotopic (exact) mass is 418 g/mol. The Kier molecular flexibility index (Phi) is 5.05. The molecule has 0 saturated heterocycles. The summed E-state index contributed by atoms with van der Waals surface area (Å²) < 4.78 is 23.9. The van der Waals surface area contributed by atoms with Crippen LogP contribution in [0.25, 0.3) is 33.3 Å². The van der Waals surface area contributed by atoms with Crippen LogP contribution < -0.4 is 0 Å². The van der Waals surface area contributed by atoms with Crippen molar-refractivity contribution in [3.8, 4) is 22.4 Å². The molecule has 0 saturated carbocycles. The number of fused-ring (bicyclic) bond motifs is 1. The van der Waals surface area contributed by atoms with Crippen molar-refractivity contribution in [2.45, 2.75) is 11.8 Å². The number of nitrogens with zero attached hydrogens (tertiary/aromatic N) is 2. The number of carbonyl (C=O) groups is 1. The molecule has 0 aliphatic carbocycles. The largest absolute Gasteiger partial charge is 0.478 e. The Morgan fingerprint density at radius 3 is 2.13 bits per heavy atom.